The van der Waals surface area contributed by atoms with E-state index in [9.17, 15) is 13.6 Å². The van der Waals surface area contributed by atoms with E-state index in [1.54, 1.807) is 37.3 Å². The van der Waals surface area contributed by atoms with Gasteiger partial charge >= 0.3 is 0 Å². The Hall–Kier alpha value is -2.57. The van der Waals surface area contributed by atoms with Crippen LogP contribution in [0.3, 0.4) is 0 Å². The topological polar surface area (TPSA) is 66.9 Å². The molecule has 1 heterocycles. The molecule has 1 aromatic carbocycles. The molecule has 0 bridgehead atoms. The van der Waals surface area contributed by atoms with E-state index in [0.29, 0.717) is 5.56 Å². The average Bonchev–Trinajstić information content (AvgIpc) is 3.10. The number of carbonyl (C=O) groups is 1. The van der Waals surface area contributed by atoms with Crippen LogP contribution in [0, 0.1) is 6.92 Å². The number of anilines is 1. The Bertz CT molecular complexity index is 708. The molecule has 2 N–H and O–H groups in total. The molecule has 7 heteroatoms. The minimum absolute atomic E-state index is 0.138. The zero-order valence-electron chi connectivity index (χ0n) is 11.8. The van der Waals surface area contributed by atoms with Crippen LogP contribution in [0.25, 0.3) is 0 Å². The summed E-state index contributed by atoms with van der Waals surface area (Å²) in [6, 6.07) is 8.23. The van der Waals surface area contributed by atoms with Crippen molar-refractivity contribution in [3.05, 3.63) is 53.9 Å². The lowest BCUT2D eigenvalue weighted by Gasteiger charge is -2.17. The van der Waals surface area contributed by atoms with Gasteiger partial charge in [-0.25, -0.2) is 18.7 Å². The molecule has 1 unspecified atom stereocenters. The molecule has 3 rings (SSSR count). The van der Waals surface area contributed by atoms with Crippen LogP contribution in [0.15, 0.2) is 42.7 Å². The fourth-order valence-electron chi connectivity index (χ4n) is 2.47. The van der Waals surface area contributed by atoms with E-state index in [2.05, 4.69) is 20.8 Å². The smallest absolute Gasteiger partial charge is 0.268 e. The summed E-state index contributed by atoms with van der Waals surface area (Å²) in [6.45, 7) is 1.80. The molecule has 2 aromatic rings. The number of benzene rings is 1. The van der Waals surface area contributed by atoms with Gasteiger partial charge < -0.3 is 0 Å². The van der Waals surface area contributed by atoms with Gasteiger partial charge in [0.15, 0.2) is 0 Å². The normalized spacial score (nSPS) is 22.0. The SMILES string of the molecule is Cc1cccc(C2(C(=O)NNc3ncccn3)CC2(F)F)c1. The van der Waals surface area contributed by atoms with Crippen molar-refractivity contribution in [2.24, 2.45) is 0 Å². The summed E-state index contributed by atoms with van der Waals surface area (Å²) in [4.78, 5) is 20.0. The monoisotopic (exact) mass is 304 g/mol. The number of nitrogens with one attached hydrogen (secondary N) is 2. The summed E-state index contributed by atoms with van der Waals surface area (Å²) in [5.41, 5.74) is 4.04. The largest absolute Gasteiger partial charge is 0.272 e. The Morgan fingerprint density at radius 2 is 1.91 bits per heavy atom. The number of carbonyl (C=O) groups excluding carboxylic acids is 1. The second-order valence-electron chi connectivity index (χ2n) is 5.31. The average molecular weight is 304 g/mol. The molecule has 1 atom stereocenters. The van der Waals surface area contributed by atoms with Crippen LogP contribution in [0.4, 0.5) is 14.7 Å². The maximum Gasteiger partial charge on any atom is 0.268 e. The van der Waals surface area contributed by atoms with Crippen molar-refractivity contribution < 1.29 is 13.6 Å². The number of amides is 1. The molecular formula is C15H14F2N4O. The third kappa shape index (κ3) is 2.28. The maximum absolute atomic E-state index is 13.9. The van der Waals surface area contributed by atoms with Crippen LogP contribution in [0.2, 0.25) is 0 Å². The molecule has 114 valence electrons. The third-order valence-electron chi connectivity index (χ3n) is 3.74. The van der Waals surface area contributed by atoms with Crippen LogP contribution < -0.4 is 10.9 Å². The van der Waals surface area contributed by atoms with Gasteiger partial charge in [-0.2, -0.15) is 0 Å². The number of nitrogens with zero attached hydrogens (tertiary/aromatic N) is 2. The fourth-order valence-corrected chi connectivity index (χ4v) is 2.47. The molecule has 1 aliphatic rings. The lowest BCUT2D eigenvalue weighted by Crippen LogP contribution is -2.42. The molecule has 0 saturated heterocycles. The molecule has 22 heavy (non-hydrogen) atoms. The molecule has 5 nitrogen and oxygen atoms in total. The zero-order valence-corrected chi connectivity index (χ0v) is 11.8. The first-order valence-electron chi connectivity index (χ1n) is 6.74. The van der Waals surface area contributed by atoms with Crippen LogP contribution >= 0.6 is 0 Å². The van der Waals surface area contributed by atoms with Crippen molar-refractivity contribution in [3.63, 3.8) is 0 Å². The highest BCUT2D eigenvalue weighted by Gasteiger charge is 2.76. The van der Waals surface area contributed by atoms with Crippen molar-refractivity contribution in [2.75, 3.05) is 5.43 Å². The van der Waals surface area contributed by atoms with Gasteiger partial charge in [0.1, 0.15) is 5.41 Å². The number of halogens is 2. The molecule has 0 spiro atoms. The minimum Gasteiger partial charge on any atom is -0.272 e. The molecule has 1 amide bonds. The first-order chi connectivity index (χ1) is 10.5. The first-order valence-corrected chi connectivity index (χ1v) is 6.74. The lowest BCUT2D eigenvalue weighted by atomic mass is 9.93. The highest BCUT2D eigenvalue weighted by Crippen LogP contribution is 2.61. The Kier molecular flexibility index (Phi) is 3.27. The van der Waals surface area contributed by atoms with E-state index in [-0.39, 0.29) is 5.95 Å². The van der Waals surface area contributed by atoms with Crippen molar-refractivity contribution >= 4 is 11.9 Å². The molecule has 1 fully saturated rings. The van der Waals surface area contributed by atoms with Gasteiger partial charge in [0.2, 0.25) is 5.95 Å². The van der Waals surface area contributed by atoms with Gasteiger partial charge in [0.05, 0.1) is 0 Å². The minimum atomic E-state index is -3.07. The van der Waals surface area contributed by atoms with Crippen molar-refractivity contribution in [3.8, 4) is 0 Å². The maximum atomic E-state index is 13.9. The van der Waals surface area contributed by atoms with E-state index >= 15 is 0 Å². The molecule has 1 aromatic heterocycles. The number of hydrazine groups is 1. The second kappa shape index (κ2) is 5.01. The molecule has 1 saturated carbocycles. The van der Waals surface area contributed by atoms with Gasteiger partial charge in [-0.15, -0.1) is 0 Å². The van der Waals surface area contributed by atoms with Gasteiger partial charge in [0, 0.05) is 18.8 Å². The van der Waals surface area contributed by atoms with E-state index in [4.69, 9.17) is 0 Å². The molecular weight excluding hydrogens is 290 g/mol. The summed E-state index contributed by atoms with van der Waals surface area (Å²) in [5.74, 6) is -3.72. The zero-order chi connectivity index (χ0) is 15.8. The van der Waals surface area contributed by atoms with E-state index < -0.39 is 23.7 Å². The number of rotatable bonds is 4. The lowest BCUT2D eigenvalue weighted by molar-refractivity contribution is -0.125. The van der Waals surface area contributed by atoms with E-state index in [0.717, 1.165) is 5.56 Å². The van der Waals surface area contributed by atoms with Crippen LogP contribution in [-0.4, -0.2) is 21.8 Å². The number of aryl methyl sites for hydroxylation is 1. The summed E-state index contributed by atoms with van der Waals surface area (Å²) in [6.07, 6.45) is 2.44. The van der Waals surface area contributed by atoms with Gasteiger partial charge in [-0.1, -0.05) is 29.8 Å². The van der Waals surface area contributed by atoms with E-state index in [1.165, 1.54) is 12.4 Å². The van der Waals surface area contributed by atoms with Gasteiger partial charge in [0.25, 0.3) is 11.8 Å². The highest BCUT2D eigenvalue weighted by molar-refractivity contribution is 5.94. The van der Waals surface area contributed by atoms with E-state index in [1.807, 2.05) is 0 Å². The number of alkyl halides is 2. The Balaban J connectivity index is 1.82. The third-order valence-corrected chi connectivity index (χ3v) is 3.74. The molecule has 0 aliphatic heterocycles. The Morgan fingerprint density at radius 1 is 1.23 bits per heavy atom. The summed E-state index contributed by atoms with van der Waals surface area (Å²) < 4.78 is 27.9. The second-order valence-corrected chi connectivity index (χ2v) is 5.31. The standard InChI is InChI=1S/C15H14F2N4O/c1-10-4-2-5-11(8-10)14(9-15(14,16)17)12(22)20-21-13-18-6-3-7-19-13/h2-8H,9H2,1H3,(H,20,22)(H,18,19,21). The van der Waals surface area contributed by atoms with Crippen LogP contribution in [0.5, 0.6) is 0 Å². The van der Waals surface area contributed by atoms with Gasteiger partial charge in [-0.05, 0) is 18.6 Å². The number of hydrogen-bond donors (Lipinski definition) is 2. The first kappa shape index (κ1) is 14.4. The van der Waals surface area contributed by atoms with Crippen molar-refractivity contribution in [1.29, 1.82) is 0 Å². The predicted molar refractivity (Wildman–Crippen MR) is 76.2 cm³/mol. The fraction of sp³-hybridized carbons (Fsp3) is 0.267. The Morgan fingerprint density at radius 3 is 2.50 bits per heavy atom. The highest BCUT2D eigenvalue weighted by atomic mass is 19.3. The Labute approximate surface area is 125 Å². The quantitative estimate of drug-likeness (QED) is 0.850. The number of aromatic nitrogens is 2. The summed E-state index contributed by atoms with van der Waals surface area (Å²) in [5, 5.41) is 0. The van der Waals surface area contributed by atoms with Crippen LogP contribution in [-0.2, 0) is 10.2 Å². The van der Waals surface area contributed by atoms with Crippen molar-refractivity contribution in [2.45, 2.75) is 24.7 Å². The summed E-state index contributed by atoms with van der Waals surface area (Å²) >= 11 is 0. The van der Waals surface area contributed by atoms with Crippen LogP contribution in [0.1, 0.15) is 17.5 Å². The molecule has 0 radical (unpaired) electrons. The number of hydrogen-bond acceptors (Lipinski definition) is 4. The molecule has 1 aliphatic carbocycles. The van der Waals surface area contributed by atoms with Crippen molar-refractivity contribution in [1.82, 2.24) is 15.4 Å². The predicted octanol–water partition coefficient (Wildman–Crippen LogP) is 2.21. The summed E-state index contributed by atoms with van der Waals surface area (Å²) in [7, 11) is 0. The van der Waals surface area contributed by atoms with Gasteiger partial charge in [-0.3, -0.25) is 15.6 Å².